The first-order valence-corrected chi connectivity index (χ1v) is 13.3. The Hall–Kier alpha value is -1.97. The van der Waals surface area contributed by atoms with Crippen molar-refractivity contribution in [2.24, 2.45) is 5.92 Å². The van der Waals surface area contributed by atoms with Crippen LogP contribution in [0.15, 0.2) is 36.7 Å². The van der Waals surface area contributed by atoms with Crippen LogP contribution in [0.2, 0.25) is 0 Å². The third-order valence-corrected chi connectivity index (χ3v) is 6.44. The summed E-state index contributed by atoms with van der Waals surface area (Å²) in [5.74, 6) is 1.92. The molecule has 184 valence electrons. The number of ether oxygens (including phenoxy) is 1. The second-order valence-corrected chi connectivity index (χ2v) is 9.50. The first-order valence-electron chi connectivity index (χ1n) is 13.3. The minimum absolute atomic E-state index is 0.404. The lowest BCUT2D eigenvalue weighted by atomic mass is 10.0. The molecule has 0 radical (unpaired) electrons. The topological polar surface area (TPSA) is 35.0 Å². The third kappa shape index (κ3) is 11.6. The second kappa shape index (κ2) is 16.6. The fourth-order valence-electron chi connectivity index (χ4n) is 4.00. The van der Waals surface area contributed by atoms with Gasteiger partial charge in [0.15, 0.2) is 5.82 Å². The van der Waals surface area contributed by atoms with Crippen molar-refractivity contribution in [2.45, 2.75) is 110 Å². The molecule has 1 heterocycles. The summed E-state index contributed by atoms with van der Waals surface area (Å²) >= 11 is 0. The van der Waals surface area contributed by atoms with E-state index in [1.54, 1.807) is 0 Å². The molecule has 0 N–H and O–H groups in total. The molecule has 0 aliphatic rings. The van der Waals surface area contributed by atoms with Crippen LogP contribution < -0.4 is 4.74 Å². The summed E-state index contributed by atoms with van der Waals surface area (Å²) in [6, 6.07) is 7.77. The molecule has 0 saturated heterocycles. The quantitative estimate of drug-likeness (QED) is 0.210. The number of alkyl halides is 1. The lowest BCUT2D eigenvalue weighted by molar-refractivity contribution is 0.207. The molecule has 0 spiro atoms. The largest absolute Gasteiger partial charge is 0.493 e. The van der Waals surface area contributed by atoms with E-state index in [0.717, 1.165) is 30.0 Å². The number of nitrogens with zero attached hydrogens (tertiary/aromatic N) is 2. The van der Waals surface area contributed by atoms with Gasteiger partial charge in [0, 0.05) is 24.4 Å². The minimum Gasteiger partial charge on any atom is -0.493 e. The van der Waals surface area contributed by atoms with Crippen LogP contribution in [0.5, 0.6) is 5.75 Å². The van der Waals surface area contributed by atoms with Gasteiger partial charge in [-0.25, -0.2) is 14.4 Å². The van der Waals surface area contributed by atoms with Crippen LogP contribution in [0, 0.1) is 5.92 Å². The summed E-state index contributed by atoms with van der Waals surface area (Å²) in [6.45, 7) is 6.87. The average Bonchev–Trinajstić information content (AvgIpc) is 2.84. The molecule has 1 aromatic carbocycles. The van der Waals surface area contributed by atoms with Crippen LogP contribution in [0.1, 0.15) is 103 Å². The van der Waals surface area contributed by atoms with Crippen LogP contribution in [-0.4, -0.2) is 22.7 Å². The van der Waals surface area contributed by atoms with Crippen molar-refractivity contribution in [2.75, 3.05) is 6.61 Å². The van der Waals surface area contributed by atoms with Crippen LogP contribution in [-0.2, 0) is 6.42 Å². The smallest absolute Gasteiger partial charge is 0.159 e. The highest BCUT2D eigenvalue weighted by molar-refractivity contribution is 5.55. The molecule has 0 saturated carbocycles. The molecule has 1 aromatic heterocycles. The van der Waals surface area contributed by atoms with Crippen molar-refractivity contribution < 1.29 is 9.13 Å². The molecule has 2 unspecified atom stereocenters. The minimum atomic E-state index is -0.790. The lowest BCUT2D eigenvalue weighted by Gasteiger charge is -2.13. The van der Waals surface area contributed by atoms with Gasteiger partial charge in [-0.15, -0.1) is 0 Å². The molecular weight excluding hydrogens is 411 g/mol. The SMILES string of the molecule is CCCCCCCCCCCc1cnc(-c2ccc(OCCC(F)CC(C)CC)cc2)nc1. The van der Waals surface area contributed by atoms with E-state index in [0.29, 0.717) is 25.4 Å². The first-order chi connectivity index (χ1) is 16.1. The van der Waals surface area contributed by atoms with E-state index in [-0.39, 0.29) is 0 Å². The van der Waals surface area contributed by atoms with Crippen LogP contribution in [0.25, 0.3) is 11.4 Å². The summed E-state index contributed by atoms with van der Waals surface area (Å²) in [5, 5.41) is 0. The van der Waals surface area contributed by atoms with E-state index in [9.17, 15) is 4.39 Å². The zero-order valence-corrected chi connectivity index (χ0v) is 21.2. The highest BCUT2D eigenvalue weighted by Gasteiger charge is 2.11. The van der Waals surface area contributed by atoms with Crippen LogP contribution in [0.3, 0.4) is 0 Å². The van der Waals surface area contributed by atoms with Gasteiger partial charge in [-0.2, -0.15) is 0 Å². The Morgan fingerprint density at radius 2 is 1.45 bits per heavy atom. The molecule has 2 atom stereocenters. The van der Waals surface area contributed by atoms with E-state index in [1.807, 2.05) is 36.7 Å². The monoisotopic (exact) mass is 456 g/mol. The maximum atomic E-state index is 13.9. The van der Waals surface area contributed by atoms with Crippen molar-refractivity contribution >= 4 is 0 Å². The Morgan fingerprint density at radius 1 is 0.848 bits per heavy atom. The summed E-state index contributed by atoms with van der Waals surface area (Å²) in [4.78, 5) is 9.11. The van der Waals surface area contributed by atoms with Gasteiger partial charge < -0.3 is 4.74 Å². The fraction of sp³-hybridized carbons (Fsp3) is 0.655. The maximum absolute atomic E-state index is 13.9. The summed E-state index contributed by atoms with van der Waals surface area (Å²) in [6.07, 6.45) is 18.3. The van der Waals surface area contributed by atoms with Crippen molar-refractivity contribution in [3.63, 3.8) is 0 Å². The fourth-order valence-corrected chi connectivity index (χ4v) is 4.00. The Bertz CT molecular complexity index is 732. The zero-order chi connectivity index (χ0) is 23.7. The normalized spacial score (nSPS) is 13.1. The molecule has 2 rings (SSSR count). The third-order valence-electron chi connectivity index (χ3n) is 6.44. The van der Waals surface area contributed by atoms with E-state index >= 15 is 0 Å². The van der Waals surface area contributed by atoms with Crippen molar-refractivity contribution in [1.29, 1.82) is 0 Å². The Morgan fingerprint density at radius 3 is 2.06 bits per heavy atom. The number of benzene rings is 1. The zero-order valence-electron chi connectivity index (χ0n) is 21.2. The average molecular weight is 457 g/mol. The van der Waals surface area contributed by atoms with Gasteiger partial charge in [0.25, 0.3) is 0 Å². The number of aromatic nitrogens is 2. The van der Waals surface area contributed by atoms with Crippen LogP contribution in [0.4, 0.5) is 4.39 Å². The maximum Gasteiger partial charge on any atom is 0.159 e. The number of hydrogen-bond donors (Lipinski definition) is 0. The Balaban J connectivity index is 1.65. The van der Waals surface area contributed by atoms with Gasteiger partial charge in [-0.05, 0) is 55.0 Å². The van der Waals surface area contributed by atoms with E-state index in [2.05, 4.69) is 30.7 Å². The molecule has 3 nitrogen and oxygen atoms in total. The number of unbranched alkanes of at least 4 members (excludes halogenated alkanes) is 8. The predicted molar refractivity (Wildman–Crippen MR) is 137 cm³/mol. The molecule has 33 heavy (non-hydrogen) atoms. The summed E-state index contributed by atoms with van der Waals surface area (Å²) < 4.78 is 19.7. The molecular formula is C29H45FN2O. The Labute approximate surface area is 201 Å². The van der Waals surface area contributed by atoms with Gasteiger partial charge in [0.05, 0.1) is 6.61 Å². The number of rotatable bonds is 18. The molecule has 0 amide bonds. The van der Waals surface area contributed by atoms with E-state index in [1.165, 1.54) is 63.4 Å². The predicted octanol–water partition coefficient (Wildman–Crippen LogP) is 8.76. The summed E-state index contributed by atoms with van der Waals surface area (Å²) in [5.41, 5.74) is 2.18. The molecule has 0 fully saturated rings. The standard InChI is InChI=1S/C29H45FN2O/c1-4-6-7-8-9-10-11-12-13-14-25-22-31-29(32-23-25)26-15-17-28(18-16-26)33-20-19-27(30)21-24(3)5-2/h15-18,22-24,27H,4-14,19-21H2,1-3H3. The van der Waals surface area contributed by atoms with Crippen molar-refractivity contribution in [3.05, 3.63) is 42.2 Å². The number of halogens is 1. The number of hydrogen-bond acceptors (Lipinski definition) is 3. The van der Waals surface area contributed by atoms with Gasteiger partial charge >= 0.3 is 0 Å². The van der Waals surface area contributed by atoms with Crippen molar-refractivity contribution in [1.82, 2.24) is 9.97 Å². The molecule has 0 bridgehead atoms. The molecule has 0 aliphatic heterocycles. The first kappa shape index (κ1) is 27.3. The molecule has 4 heteroatoms. The van der Waals surface area contributed by atoms with Crippen molar-refractivity contribution in [3.8, 4) is 17.1 Å². The van der Waals surface area contributed by atoms with Gasteiger partial charge in [0.1, 0.15) is 11.9 Å². The second-order valence-electron chi connectivity index (χ2n) is 9.50. The van der Waals surface area contributed by atoms with Gasteiger partial charge in [0.2, 0.25) is 0 Å². The number of aryl methyl sites for hydroxylation is 1. The highest BCUT2D eigenvalue weighted by atomic mass is 19.1. The van der Waals surface area contributed by atoms with E-state index < -0.39 is 6.17 Å². The molecule has 0 aliphatic carbocycles. The van der Waals surface area contributed by atoms with Gasteiger partial charge in [-0.1, -0.05) is 78.6 Å². The van der Waals surface area contributed by atoms with Gasteiger partial charge in [-0.3, -0.25) is 0 Å². The van der Waals surface area contributed by atoms with Crippen LogP contribution >= 0.6 is 0 Å². The molecule has 2 aromatic rings. The summed E-state index contributed by atoms with van der Waals surface area (Å²) in [7, 11) is 0. The highest BCUT2D eigenvalue weighted by Crippen LogP contribution is 2.21. The Kier molecular flexibility index (Phi) is 13.7. The van der Waals surface area contributed by atoms with E-state index in [4.69, 9.17) is 4.74 Å². The lowest BCUT2D eigenvalue weighted by Crippen LogP contribution is -2.11.